The van der Waals surface area contributed by atoms with Crippen LogP contribution in [-0.2, 0) is 21.5 Å². The standard InChI is InChI=1S/C39H31N3O6/c1-48-33-21-25(17-18-32(33)43)35-28-19-20-40-37(46)41(27-15-9-4-10-16-27)38(47)42(40)31(28)23-30-36(45)29(24-11-5-2-6-12-24)22-34(44)39(30,35)26-13-7-3-8-14-26/h2-19,21-22,30-31,35,43H,20,23H2,1H3. The zero-order valence-corrected chi connectivity index (χ0v) is 26.0. The number of phenolic OH excluding ortho intramolecular Hbond substituents is 1. The molecule has 9 heteroatoms. The van der Waals surface area contributed by atoms with Crippen molar-refractivity contribution in [1.82, 2.24) is 13.9 Å². The lowest BCUT2D eigenvalue weighted by Gasteiger charge is -2.54. The highest BCUT2D eigenvalue weighted by atomic mass is 16.5. The number of nitrogens with zero attached hydrogens (tertiary/aromatic N) is 3. The topological polar surface area (TPSA) is 113 Å². The predicted octanol–water partition coefficient (Wildman–Crippen LogP) is 4.97. The van der Waals surface area contributed by atoms with Gasteiger partial charge in [0.15, 0.2) is 23.1 Å². The third-order valence-corrected chi connectivity index (χ3v) is 10.2. The van der Waals surface area contributed by atoms with Gasteiger partial charge in [0, 0.05) is 17.4 Å². The fraction of sp³-hybridized carbons (Fsp3) is 0.179. The Bertz CT molecular complexity index is 2280. The van der Waals surface area contributed by atoms with Crippen molar-refractivity contribution in [3.05, 3.63) is 165 Å². The minimum Gasteiger partial charge on any atom is -0.504 e. The van der Waals surface area contributed by atoms with Crippen LogP contribution in [0.4, 0.5) is 0 Å². The van der Waals surface area contributed by atoms with Crippen molar-refractivity contribution in [2.75, 3.05) is 7.11 Å². The van der Waals surface area contributed by atoms with Crippen molar-refractivity contribution in [2.45, 2.75) is 30.3 Å². The SMILES string of the molecule is COc1cc(C2C3=CCn4c(=O)n(-c5ccccc5)c(=O)n4C3CC3C(=O)C(c4ccccc4)=CC(=O)C32c2ccccc2)ccc1O. The molecule has 4 atom stereocenters. The number of Topliss-reactive ketones (excluding diaryl/α,β-unsaturated/α-hetero) is 1. The number of aromatic hydroxyl groups is 1. The van der Waals surface area contributed by atoms with E-state index in [1.807, 2.05) is 72.8 Å². The number of allylic oxidation sites excluding steroid dienone is 4. The van der Waals surface area contributed by atoms with Gasteiger partial charge in [-0.15, -0.1) is 0 Å². The maximum Gasteiger partial charge on any atom is 0.352 e. The second kappa shape index (κ2) is 11.1. The summed E-state index contributed by atoms with van der Waals surface area (Å²) < 4.78 is 9.54. The number of carbonyl (C=O) groups excluding carboxylic acids is 2. The van der Waals surface area contributed by atoms with E-state index in [2.05, 4.69) is 0 Å². The lowest BCUT2D eigenvalue weighted by atomic mass is 9.47. The van der Waals surface area contributed by atoms with Crippen LogP contribution in [0.5, 0.6) is 11.5 Å². The number of carbonyl (C=O) groups is 2. The zero-order valence-electron chi connectivity index (χ0n) is 26.0. The van der Waals surface area contributed by atoms with E-state index in [1.165, 1.54) is 28.6 Å². The van der Waals surface area contributed by atoms with Crippen molar-refractivity contribution in [3.63, 3.8) is 0 Å². The van der Waals surface area contributed by atoms with Gasteiger partial charge in [-0.05, 0) is 59.0 Å². The second-order valence-electron chi connectivity index (χ2n) is 12.4. The van der Waals surface area contributed by atoms with Crippen LogP contribution < -0.4 is 16.1 Å². The molecule has 1 N–H and O–H groups in total. The molecule has 1 fully saturated rings. The number of fused-ring (bicyclic) bond motifs is 4. The fourth-order valence-corrected chi connectivity index (χ4v) is 8.18. The normalized spacial score (nSPS) is 23.0. The number of benzene rings is 4. The molecule has 5 aromatic rings. The van der Waals surface area contributed by atoms with Gasteiger partial charge in [-0.1, -0.05) is 91.0 Å². The Kier molecular flexibility index (Phi) is 6.80. The average molecular weight is 638 g/mol. The molecule has 0 bridgehead atoms. The van der Waals surface area contributed by atoms with E-state index in [9.17, 15) is 19.5 Å². The summed E-state index contributed by atoms with van der Waals surface area (Å²) in [6.45, 7) is 0.0915. The molecular weight excluding hydrogens is 606 g/mol. The molecule has 1 aromatic heterocycles. The largest absolute Gasteiger partial charge is 0.504 e. The van der Waals surface area contributed by atoms with Gasteiger partial charge in [-0.2, -0.15) is 0 Å². The summed E-state index contributed by atoms with van der Waals surface area (Å²) in [7, 11) is 1.45. The number of methoxy groups -OCH3 is 1. The monoisotopic (exact) mass is 637 g/mol. The Morgan fingerprint density at radius 2 is 1.48 bits per heavy atom. The van der Waals surface area contributed by atoms with Crippen LogP contribution in [0.2, 0.25) is 0 Å². The van der Waals surface area contributed by atoms with E-state index in [4.69, 9.17) is 4.74 Å². The summed E-state index contributed by atoms with van der Waals surface area (Å²) in [6.07, 6.45) is 3.50. The van der Waals surface area contributed by atoms with E-state index < -0.39 is 34.7 Å². The van der Waals surface area contributed by atoms with Gasteiger partial charge < -0.3 is 9.84 Å². The molecule has 0 spiro atoms. The number of hydrogen-bond donors (Lipinski definition) is 1. The van der Waals surface area contributed by atoms with Crippen LogP contribution >= 0.6 is 0 Å². The van der Waals surface area contributed by atoms with Crippen molar-refractivity contribution in [2.24, 2.45) is 5.92 Å². The molecule has 8 rings (SSSR count). The molecule has 238 valence electrons. The average Bonchev–Trinajstić information content (AvgIpc) is 3.39. The Hall–Kier alpha value is -5.96. The summed E-state index contributed by atoms with van der Waals surface area (Å²) in [6, 6.07) is 31.4. The molecule has 48 heavy (non-hydrogen) atoms. The molecule has 1 aliphatic heterocycles. The summed E-state index contributed by atoms with van der Waals surface area (Å²) in [5, 5.41) is 10.6. The van der Waals surface area contributed by atoms with E-state index in [1.54, 1.807) is 36.4 Å². The minimum absolute atomic E-state index is 0.0705. The lowest BCUT2D eigenvalue weighted by molar-refractivity contribution is -0.133. The summed E-state index contributed by atoms with van der Waals surface area (Å²) in [5.74, 6) is -1.96. The highest BCUT2D eigenvalue weighted by Gasteiger charge is 2.63. The van der Waals surface area contributed by atoms with Gasteiger partial charge >= 0.3 is 11.4 Å². The number of ketones is 2. The first-order chi connectivity index (χ1) is 23.4. The van der Waals surface area contributed by atoms with Crippen LogP contribution in [0.1, 0.15) is 35.1 Å². The number of hydrogen-bond acceptors (Lipinski definition) is 6. The Morgan fingerprint density at radius 1 is 0.812 bits per heavy atom. The highest BCUT2D eigenvalue weighted by molar-refractivity contribution is 6.31. The Morgan fingerprint density at radius 3 is 2.17 bits per heavy atom. The first kappa shape index (κ1) is 29.4. The molecule has 3 aliphatic rings. The molecule has 1 saturated carbocycles. The predicted molar refractivity (Wildman–Crippen MR) is 179 cm³/mol. The van der Waals surface area contributed by atoms with Crippen LogP contribution in [0.25, 0.3) is 11.3 Å². The van der Waals surface area contributed by atoms with Gasteiger partial charge in [-0.25, -0.2) is 23.5 Å². The molecule has 4 unspecified atom stereocenters. The van der Waals surface area contributed by atoms with Crippen LogP contribution in [0, 0.1) is 5.92 Å². The number of ether oxygens (including phenoxy) is 1. The molecule has 4 aromatic carbocycles. The van der Waals surface area contributed by atoms with Gasteiger partial charge in [-0.3, -0.25) is 9.59 Å². The summed E-state index contributed by atoms with van der Waals surface area (Å²) in [5.41, 5.74) is 1.04. The molecule has 2 heterocycles. The lowest BCUT2D eigenvalue weighted by Crippen LogP contribution is -2.58. The van der Waals surface area contributed by atoms with E-state index in [0.29, 0.717) is 28.0 Å². The van der Waals surface area contributed by atoms with Gasteiger partial charge in [0.2, 0.25) is 0 Å². The van der Waals surface area contributed by atoms with Crippen LogP contribution in [0.15, 0.2) is 137 Å². The third-order valence-electron chi connectivity index (χ3n) is 10.2. The Balaban J connectivity index is 1.43. The first-order valence-corrected chi connectivity index (χ1v) is 15.8. The number of para-hydroxylation sites is 1. The van der Waals surface area contributed by atoms with E-state index >= 15 is 4.79 Å². The van der Waals surface area contributed by atoms with E-state index in [-0.39, 0.29) is 36.0 Å². The van der Waals surface area contributed by atoms with Crippen LogP contribution in [0.3, 0.4) is 0 Å². The third kappa shape index (κ3) is 4.10. The van der Waals surface area contributed by atoms with Crippen molar-refractivity contribution < 1.29 is 19.4 Å². The quantitative estimate of drug-likeness (QED) is 0.273. The molecule has 0 radical (unpaired) electrons. The highest BCUT2D eigenvalue weighted by Crippen LogP contribution is 2.61. The van der Waals surface area contributed by atoms with Gasteiger partial charge in [0.1, 0.15) is 0 Å². The van der Waals surface area contributed by atoms with Crippen LogP contribution in [-0.4, -0.2) is 37.7 Å². The van der Waals surface area contributed by atoms with Gasteiger partial charge in [0.05, 0.1) is 30.8 Å². The molecule has 2 aliphatic carbocycles. The molecule has 0 saturated heterocycles. The van der Waals surface area contributed by atoms with Crippen molar-refractivity contribution >= 4 is 17.1 Å². The number of aromatic nitrogens is 3. The smallest absolute Gasteiger partial charge is 0.352 e. The van der Waals surface area contributed by atoms with Gasteiger partial charge in [0.25, 0.3) is 0 Å². The summed E-state index contributed by atoms with van der Waals surface area (Å²) >= 11 is 0. The zero-order chi connectivity index (χ0) is 33.2. The molecule has 9 nitrogen and oxygen atoms in total. The van der Waals surface area contributed by atoms with Crippen molar-refractivity contribution in [1.29, 1.82) is 0 Å². The summed E-state index contributed by atoms with van der Waals surface area (Å²) in [4.78, 5) is 58.1. The maximum absolute atomic E-state index is 15.1. The number of rotatable bonds is 5. The first-order valence-electron chi connectivity index (χ1n) is 15.8. The maximum atomic E-state index is 15.1. The fourth-order valence-electron chi connectivity index (χ4n) is 8.18. The Labute approximate surface area is 275 Å². The van der Waals surface area contributed by atoms with Crippen molar-refractivity contribution in [3.8, 4) is 17.2 Å². The second-order valence-corrected chi connectivity index (χ2v) is 12.4. The minimum atomic E-state index is -1.39. The number of phenols is 1. The molecule has 0 amide bonds. The molecular formula is C39H31N3O6. The van der Waals surface area contributed by atoms with E-state index in [0.717, 1.165) is 10.1 Å².